The molecule has 0 amide bonds. The molecule has 2 rings (SSSR count). The van der Waals surface area contributed by atoms with Crippen LogP contribution in [-0.2, 0) is 0 Å². The molecule has 2 N–H and O–H groups in total. The lowest BCUT2D eigenvalue weighted by atomic mass is 10.1. The molecule has 0 aliphatic rings. The number of anilines is 1. The monoisotopic (exact) mass is 238 g/mol. The summed E-state index contributed by atoms with van der Waals surface area (Å²) >= 11 is 11.7. The van der Waals surface area contributed by atoms with Crippen molar-refractivity contribution in [2.45, 2.75) is 0 Å². The maximum absolute atomic E-state index is 5.88. The quantitative estimate of drug-likeness (QED) is 0.771. The number of nitrogen functional groups attached to an aromatic ring is 1. The third-order valence-electron chi connectivity index (χ3n) is 2.00. The molecule has 0 atom stereocenters. The van der Waals surface area contributed by atoms with Crippen LogP contribution in [0.1, 0.15) is 0 Å². The molecule has 1 aromatic heterocycles. The number of pyridine rings is 1. The van der Waals surface area contributed by atoms with Crippen LogP contribution in [0.2, 0.25) is 10.2 Å². The van der Waals surface area contributed by atoms with E-state index >= 15 is 0 Å². The van der Waals surface area contributed by atoms with Crippen molar-refractivity contribution in [2.24, 2.45) is 0 Å². The van der Waals surface area contributed by atoms with Gasteiger partial charge in [0.05, 0.1) is 11.4 Å². The summed E-state index contributed by atoms with van der Waals surface area (Å²) in [5.74, 6) is 0. The molecule has 0 fully saturated rings. The molecule has 0 aliphatic carbocycles. The Labute approximate surface area is 97.7 Å². The first-order valence-electron chi connectivity index (χ1n) is 4.35. The Hall–Kier alpha value is -1.25. The highest BCUT2D eigenvalue weighted by Crippen LogP contribution is 2.24. The zero-order valence-electron chi connectivity index (χ0n) is 7.74. The summed E-state index contributed by atoms with van der Waals surface area (Å²) < 4.78 is 0. The number of aromatic nitrogens is 1. The second-order valence-corrected chi connectivity index (χ2v) is 3.88. The average Bonchev–Trinajstić information content (AvgIpc) is 2.22. The van der Waals surface area contributed by atoms with Gasteiger partial charge in [0.25, 0.3) is 0 Å². The van der Waals surface area contributed by atoms with Crippen LogP contribution in [-0.4, -0.2) is 4.98 Å². The molecule has 2 nitrogen and oxygen atoms in total. The Morgan fingerprint density at radius 1 is 1.07 bits per heavy atom. The van der Waals surface area contributed by atoms with E-state index in [1.165, 1.54) is 0 Å². The topological polar surface area (TPSA) is 38.9 Å². The van der Waals surface area contributed by atoms with E-state index in [9.17, 15) is 0 Å². The van der Waals surface area contributed by atoms with E-state index in [0.29, 0.717) is 15.9 Å². The van der Waals surface area contributed by atoms with Gasteiger partial charge < -0.3 is 5.73 Å². The molecule has 0 saturated carbocycles. The van der Waals surface area contributed by atoms with Crippen molar-refractivity contribution in [3.05, 3.63) is 46.6 Å². The molecular formula is C11H8Cl2N2. The van der Waals surface area contributed by atoms with E-state index < -0.39 is 0 Å². The van der Waals surface area contributed by atoms with Gasteiger partial charge in [-0.1, -0.05) is 35.3 Å². The van der Waals surface area contributed by atoms with E-state index in [0.717, 1.165) is 11.3 Å². The van der Waals surface area contributed by atoms with Crippen LogP contribution in [0.3, 0.4) is 0 Å². The van der Waals surface area contributed by atoms with Gasteiger partial charge in [-0.05, 0) is 24.3 Å². The van der Waals surface area contributed by atoms with Gasteiger partial charge in [0, 0.05) is 10.6 Å². The zero-order chi connectivity index (χ0) is 10.8. The molecule has 0 aliphatic heterocycles. The van der Waals surface area contributed by atoms with Crippen LogP contribution in [0.4, 0.5) is 5.69 Å². The SMILES string of the molecule is Nc1ccc(-c2cccc(Cl)c2)nc1Cl. The van der Waals surface area contributed by atoms with Gasteiger partial charge >= 0.3 is 0 Å². The van der Waals surface area contributed by atoms with Gasteiger partial charge in [0.1, 0.15) is 0 Å². The van der Waals surface area contributed by atoms with E-state index in [1.807, 2.05) is 30.3 Å². The van der Waals surface area contributed by atoms with Crippen LogP contribution in [0, 0.1) is 0 Å². The Bertz CT molecular complexity index is 498. The van der Waals surface area contributed by atoms with Gasteiger partial charge in [-0.25, -0.2) is 4.98 Å². The highest BCUT2D eigenvalue weighted by Gasteiger charge is 2.03. The van der Waals surface area contributed by atoms with Crippen molar-refractivity contribution >= 4 is 28.9 Å². The molecule has 15 heavy (non-hydrogen) atoms. The molecule has 0 radical (unpaired) electrons. The maximum Gasteiger partial charge on any atom is 0.152 e. The Kier molecular flexibility index (Phi) is 2.80. The standard InChI is InChI=1S/C11H8Cl2N2/c12-8-3-1-2-7(6-8)10-5-4-9(14)11(13)15-10/h1-6H,14H2. The van der Waals surface area contributed by atoms with Crippen LogP contribution in [0.5, 0.6) is 0 Å². The van der Waals surface area contributed by atoms with E-state index in [-0.39, 0.29) is 0 Å². The van der Waals surface area contributed by atoms with Gasteiger partial charge in [-0.3, -0.25) is 0 Å². The van der Waals surface area contributed by atoms with Crippen molar-refractivity contribution in [2.75, 3.05) is 5.73 Å². The molecule has 76 valence electrons. The van der Waals surface area contributed by atoms with E-state index in [4.69, 9.17) is 28.9 Å². The second kappa shape index (κ2) is 4.09. The molecule has 1 aromatic carbocycles. The largest absolute Gasteiger partial charge is 0.396 e. The first kappa shape index (κ1) is 10.3. The first-order chi connectivity index (χ1) is 7.16. The Morgan fingerprint density at radius 3 is 2.53 bits per heavy atom. The van der Waals surface area contributed by atoms with Crippen LogP contribution in [0.15, 0.2) is 36.4 Å². The highest BCUT2D eigenvalue weighted by atomic mass is 35.5. The minimum Gasteiger partial charge on any atom is -0.396 e. The third kappa shape index (κ3) is 2.22. The van der Waals surface area contributed by atoms with Crippen molar-refractivity contribution < 1.29 is 0 Å². The molecule has 0 spiro atoms. The number of nitrogens with zero attached hydrogens (tertiary/aromatic N) is 1. The predicted molar refractivity (Wildman–Crippen MR) is 64.1 cm³/mol. The number of hydrogen-bond donors (Lipinski definition) is 1. The Balaban J connectivity index is 2.50. The number of nitrogens with two attached hydrogens (primary N) is 1. The molecule has 1 heterocycles. The molecule has 0 unspecified atom stereocenters. The Morgan fingerprint density at radius 2 is 1.87 bits per heavy atom. The molecular weight excluding hydrogens is 231 g/mol. The summed E-state index contributed by atoms with van der Waals surface area (Å²) in [5, 5.41) is 0.981. The molecule has 2 aromatic rings. The minimum absolute atomic E-state index is 0.312. The van der Waals surface area contributed by atoms with E-state index in [1.54, 1.807) is 6.07 Å². The second-order valence-electron chi connectivity index (χ2n) is 3.09. The van der Waals surface area contributed by atoms with Crippen molar-refractivity contribution in [1.82, 2.24) is 4.98 Å². The maximum atomic E-state index is 5.88. The number of benzene rings is 1. The fourth-order valence-corrected chi connectivity index (χ4v) is 1.60. The summed E-state index contributed by atoms with van der Waals surface area (Å²) in [5.41, 5.74) is 7.73. The number of halogens is 2. The van der Waals surface area contributed by atoms with Crippen LogP contribution < -0.4 is 5.73 Å². The fourth-order valence-electron chi connectivity index (χ4n) is 1.25. The van der Waals surface area contributed by atoms with Crippen LogP contribution in [0.25, 0.3) is 11.3 Å². The predicted octanol–water partition coefficient (Wildman–Crippen LogP) is 3.64. The summed E-state index contributed by atoms with van der Waals surface area (Å²) in [6.07, 6.45) is 0. The molecule has 4 heteroatoms. The smallest absolute Gasteiger partial charge is 0.152 e. The lowest BCUT2D eigenvalue weighted by molar-refractivity contribution is 1.33. The van der Waals surface area contributed by atoms with Crippen LogP contribution >= 0.6 is 23.2 Å². The van der Waals surface area contributed by atoms with Crippen molar-refractivity contribution in [3.63, 3.8) is 0 Å². The zero-order valence-corrected chi connectivity index (χ0v) is 9.26. The number of hydrogen-bond acceptors (Lipinski definition) is 2. The van der Waals surface area contributed by atoms with Crippen molar-refractivity contribution in [1.29, 1.82) is 0 Å². The lowest BCUT2D eigenvalue weighted by Gasteiger charge is -2.03. The first-order valence-corrected chi connectivity index (χ1v) is 5.10. The average molecular weight is 239 g/mol. The van der Waals surface area contributed by atoms with Gasteiger partial charge in [0.2, 0.25) is 0 Å². The fraction of sp³-hybridized carbons (Fsp3) is 0. The highest BCUT2D eigenvalue weighted by molar-refractivity contribution is 6.32. The van der Waals surface area contributed by atoms with Gasteiger partial charge in [-0.2, -0.15) is 0 Å². The van der Waals surface area contributed by atoms with Gasteiger partial charge in [0.15, 0.2) is 5.15 Å². The summed E-state index contributed by atoms with van der Waals surface area (Å²) in [6, 6.07) is 11.0. The normalized spacial score (nSPS) is 10.3. The third-order valence-corrected chi connectivity index (χ3v) is 2.54. The van der Waals surface area contributed by atoms with E-state index in [2.05, 4.69) is 4.98 Å². The molecule has 0 bridgehead atoms. The molecule has 0 saturated heterocycles. The lowest BCUT2D eigenvalue weighted by Crippen LogP contribution is -1.90. The summed E-state index contributed by atoms with van der Waals surface area (Å²) in [6.45, 7) is 0. The summed E-state index contributed by atoms with van der Waals surface area (Å²) in [7, 11) is 0. The van der Waals surface area contributed by atoms with Gasteiger partial charge in [-0.15, -0.1) is 0 Å². The minimum atomic E-state index is 0.312. The number of rotatable bonds is 1. The van der Waals surface area contributed by atoms with Crippen molar-refractivity contribution in [3.8, 4) is 11.3 Å². The summed E-state index contributed by atoms with van der Waals surface area (Å²) in [4.78, 5) is 4.17.